The van der Waals surface area contributed by atoms with E-state index in [1.807, 2.05) is 6.07 Å². The summed E-state index contributed by atoms with van der Waals surface area (Å²) in [5.41, 5.74) is 3.66. The molecule has 0 saturated carbocycles. The molecule has 3 aromatic rings. The summed E-state index contributed by atoms with van der Waals surface area (Å²) in [6.45, 7) is 2.59. The predicted molar refractivity (Wildman–Crippen MR) is 122 cm³/mol. The first-order chi connectivity index (χ1) is 16.0. The number of pyridine rings is 1. The standard InChI is InChI=1S/C24H24FN5O3/c25-20-8-10-21(11-9-20)28-13-15-29(16-14-28)24(32)30(22-3-1-2-12-26-22)17-18-4-6-19(7-5-18)23(31)27-33/h1-12,33H,13-17H2,(H,27,31). The van der Waals surface area contributed by atoms with Crippen LogP contribution in [0.5, 0.6) is 0 Å². The molecule has 1 aliphatic heterocycles. The average molecular weight is 449 g/mol. The van der Waals surface area contributed by atoms with Gasteiger partial charge in [0.1, 0.15) is 11.6 Å². The number of halogens is 1. The molecule has 2 heterocycles. The van der Waals surface area contributed by atoms with Crippen molar-refractivity contribution in [1.29, 1.82) is 0 Å². The van der Waals surface area contributed by atoms with Crippen molar-refractivity contribution in [2.45, 2.75) is 6.54 Å². The summed E-state index contributed by atoms with van der Waals surface area (Å²) in [5.74, 6) is -0.345. The fourth-order valence-corrected chi connectivity index (χ4v) is 3.75. The van der Waals surface area contributed by atoms with Crippen LogP contribution in [0, 0.1) is 5.82 Å². The molecule has 1 fully saturated rings. The molecule has 9 heteroatoms. The van der Waals surface area contributed by atoms with Gasteiger partial charge in [0.05, 0.1) is 6.54 Å². The van der Waals surface area contributed by atoms with Crippen molar-refractivity contribution in [1.82, 2.24) is 15.4 Å². The number of hydrogen-bond donors (Lipinski definition) is 2. The van der Waals surface area contributed by atoms with E-state index in [0.717, 1.165) is 11.3 Å². The number of amides is 3. The molecule has 3 amide bonds. The number of hydrogen-bond acceptors (Lipinski definition) is 5. The second-order valence-electron chi connectivity index (χ2n) is 7.65. The highest BCUT2D eigenvalue weighted by Gasteiger charge is 2.27. The third kappa shape index (κ3) is 5.27. The van der Waals surface area contributed by atoms with Crippen LogP contribution in [0.2, 0.25) is 0 Å². The number of piperazine rings is 1. The minimum Gasteiger partial charge on any atom is -0.368 e. The quantitative estimate of drug-likeness (QED) is 0.461. The predicted octanol–water partition coefficient (Wildman–Crippen LogP) is 3.29. The van der Waals surface area contributed by atoms with Gasteiger partial charge in [-0.1, -0.05) is 18.2 Å². The van der Waals surface area contributed by atoms with Crippen molar-refractivity contribution in [2.75, 3.05) is 36.0 Å². The number of nitrogens with zero attached hydrogens (tertiary/aromatic N) is 4. The van der Waals surface area contributed by atoms with Crippen LogP contribution in [-0.4, -0.2) is 53.2 Å². The smallest absolute Gasteiger partial charge is 0.326 e. The lowest BCUT2D eigenvalue weighted by Crippen LogP contribution is -2.53. The van der Waals surface area contributed by atoms with Crippen LogP contribution in [0.3, 0.4) is 0 Å². The molecule has 1 aliphatic rings. The number of anilines is 2. The Morgan fingerprint density at radius 3 is 2.27 bits per heavy atom. The van der Waals surface area contributed by atoms with E-state index in [9.17, 15) is 14.0 Å². The largest absolute Gasteiger partial charge is 0.368 e. The molecule has 170 valence electrons. The lowest BCUT2D eigenvalue weighted by atomic mass is 10.1. The summed E-state index contributed by atoms with van der Waals surface area (Å²) in [7, 11) is 0. The zero-order valence-corrected chi connectivity index (χ0v) is 17.9. The summed E-state index contributed by atoms with van der Waals surface area (Å²) < 4.78 is 13.2. The molecule has 0 spiro atoms. The van der Waals surface area contributed by atoms with Crippen molar-refractivity contribution < 1.29 is 19.2 Å². The van der Waals surface area contributed by atoms with Crippen LogP contribution in [0.15, 0.2) is 72.9 Å². The summed E-state index contributed by atoms with van der Waals surface area (Å²) in [6.07, 6.45) is 1.64. The number of carbonyl (C=O) groups excluding carboxylic acids is 2. The minimum absolute atomic E-state index is 0.162. The summed E-state index contributed by atoms with van der Waals surface area (Å²) in [6, 6.07) is 18.2. The molecule has 0 atom stereocenters. The van der Waals surface area contributed by atoms with Gasteiger partial charge in [-0.3, -0.25) is 14.9 Å². The molecular weight excluding hydrogens is 425 g/mol. The van der Waals surface area contributed by atoms with Crippen molar-refractivity contribution in [2.24, 2.45) is 0 Å². The zero-order chi connectivity index (χ0) is 23.2. The Labute approximate surface area is 190 Å². The SMILES string of the molecule is O=C(NO)c1ccc(CN(C(=O)N2CCN(c3ccc(F)cc3)CC2)c2ccccn2)cc1. The first kappa shape index (κ1) is 22.2. The van der Waals surface area contributed by atoms with Gasteiger partial charge < -0.3 is 9.80 Å². The topological polar surface area (TPSA) is 89.0 Å². The fraction of sp³-hybridized carbons (Fsp3) is 0.208. The molecule has 4 rings (SSSR count). The fourth-order valence-electron chi connectivity index (χ4n) is 3.75. The van der Waals surface area contributed by atoms with Crippen LogP contribution in [0.1, 0.15) is 15.9 Å². The molecular formula is C24H24FN5O3. The Kier molecular flexibility index (Phi) is 6.80. The first-order valence-electron chi connectivity index (χ1n) is 10.6. The lowest BCUT2D eigenvalue weighted by Gasteiger charge is -2.38. The average Bonchev–Trinajstić information content (AvgIpc) is 2.88. The maximum absolute atomic E-state index is 13.5. The number of rotatable bonds is 5. The molecule has 0 bridgehead atoms. The van der Waals surface area contributed by atoms with E-state index >= 15 is 0 Å². The van der Waals surface area contributed by atoms with Gasteiger partial charge >= 0.3 is 6.03 Å². The van der Waals surface area contributed by atoms with Gasteiger partial charge in [-0.2, -0.15) is 0 Å². The van der Waals surface area contributed by atoms with E-state index in [1.165, 1.54) is 12.1 Å². The van der Waals surface area contributed by atoms with Crippen LogP contribution < -0.4 is 15.3 Å². The molecule has 2 aromatic carbocycles. The Morgan fingerprint density at radius 1 is 0.970 bits per heavy atom. The Hall–Kier alpha value is -3.98. The molecule has 0 aliphatic carbocycles. The Balaban J connectivity index is 1.47. The zero-order valence-electron chi connectivity index (χ0n) is 17.9. The van der Waals surface area contributed by atoms with Crippen LogP contribution in [-0.2, 0) is 6.54 Å². The number of aromatic nitrogens is 1. The monoisotopic (exact) mass is 449 g/mol. The molecule has 33 heavy (non-hydrogen) atoms. The van der Waals surface area contributed by atoms with E-state index < -0.39 is 5.91 Å². The number of urea groups is 1. The minimum atomic E-state index is -0.599. The second kappa shape index (κ2) is 10.1. The van der Waals surface area contributed by atoms with Crippen molar-refractivity contribution in [3.8, 4) is 0 Å². The van der Waals surface area contributed by atoms with Crippen molar-refractivity contribution in [3.63, 3.8) is 0 Å². The number of nitrogens with one attached hydrogen (secondary N) is 1. The highest BCUT2D eigenvalue weighted by molar-refractivity contribution is 5.93. The van der Waals surface area contributed by atoms with Gasteiger partial charge in [0, 0.05) is 43.6 Å². The van der Waals surface area contributed by atoms with Crippen molar-refractivity contribution >= 4 is 23.4 Å². The maximum Gasteiger partial charge on any atom is 0.326 e. The van der Waals surface area contributed by atoms with E-state index in [-0.39, 0.29) is 18.4 Å². The maximum atomic E-state index is 13.5. The van der Waals surface area contributed by atoms with Crippen molar-refractivity contribution in [3.05, 3.63) is 89.9 Å². The van der Waals surface area contributed by atoms with E-state index in [4.69, 9.17) is 5.21 Å². The molecule has 0 unspecified atom stereocenters. The van der Waals surface area contributed by atoms with E-state index in [1.54, 1.807) is 70.0 Å². The second-order valence-corrected chi connectivity index (χ2v) is 7.65. The van der Waals surface area contributed by atoms with Gasteiger partial charge in [0.15, 0.2) is 0 Å². The molecule has 8 nitrogen and oxygen atoms in total. The van der Waals surface area contributed by atoms with Gasteiger partial charge in [-0.25, -0.2) is 19.6 Å². The van der Waals surface area contributed by atoms with Gasteiger partial charge in [-0.05, 0) is 54.1 Å². The molecule has 2 N–H and O–H groups in total. The third-order valence-electron chi connectivity index (χ3n) is 5.56. The number of benzene rings is 2. The highest BCUT2D eigenvalue weighted by Crippen LogP contribution is 2.21. The van der Waals surface area contributed by atoms with Crippen LogP contribution in [0.4, 0.5) is 20.7 Å². The normalized spacial score (nSPS) is 13.5. The molecule has 1 aromatic heterocycles. The van der Waals surface area contributed by atoms with Gasteiger partial charge in [0.2, 0.25) is 0 Å². The Morgan fingerprint density at radius 2 is 1.67 bits per heavy atom. The number of carbonyl (C=O) groups is 2. The van der Waals surface area contributed by atoms with E-state index in [0.29, 0.717) is 37.6 Å². The van der Waals surface area contributed by atoms with E-state index in [2.05, 4.69) is 9.88 Å². The summed E-state index contributed by atoms with van der Waals surface area (Å²) >= 11 is 0. The first-order valence-corrected chi connectivity index (χ1v) is 10.6. The molecule has 1 saturated heterocycles. The van der Waals surface area contributed by atoms with Gasteiger partial charge in [-0.15, -0.1) is 0 Å². The molecule has 0 radical (unpaired) electrons. The van der Waals surface area contributed by atoms with Gasteiger partial charge in [0.25, 0.3) is 5.91 Å². The Bertz CT molecular complexity index is 1090. The summed E-state index contributed by atoms with van der Waals surface area (Å²) in [4.78, 5) is 34.9. The third-order valence-corrected chi connectivity index (χ3v) is 5.56. The van der Waals surface area contributed by atoms with Crippen LogP contribution >= 0.6 is 0 Å². The number of hydroxylamine groups is 1. The van der Waals surface area contributed by atoms with Crippen LogP contribution in [0.25, 0.3) is 0 Å². The lowest BCUT2D eigenvalue weighted by molar-refractivity contribution is 0.0706. The highest BCUT2D eigenvalue weighted by atomic mass is 19.1. The summed E-state index contributed by atoms with van der Waals surface area (Å²) in [5, 5.41) is 8.79.